The summed E-state index contributed by atoms with van der Waals surface area (Å²) >= 11 is 0. The summed E-state index contributed by atoms with van der Waals surface area (Å²) in [5.41, 5.74) is 8.61. The molecule has 3 aliphatic rings. The molecule has 2 aliphatic heterocycles. The lowest BCUT2D eigenvalue weighted by atomic mass is 9.88. The van der Waals surface area contributed by atoms with Gasteiger partial charge >= 0.3 is 0 Å². The van der Waals surface area contributed by atoms with Crippen molar-refractivity contribution >= 4 is 80.5 Å². The summed E-state index contributed by atoms with van der Waals surface area (Å²) in [6.45, 7) is 3.77. The van der Waals surface area contributed by atoms with Crippen LogP contribution in [0.1, 0.15) is 67.1 Å². The van der Waals surface area contributed by atoms with Gasteiger partial charge in [0.15, 0.2) is 0 Å². The largest absolute Gasteiger partial charge is 0.342 e. The van der Waals surface area contributed by atoms with Gasteiger partial charge in [-0.2, -0.15) is 0 Å². The van der Waals surface area contributed by atoms with Crippen molar-refractivity contribution in [2.45, 2.75) is 37.8 Å². The summed E-state index contributed by atoms with van der Waals surface area (Å²) in [5.74, 6) is -2.02. The van der Waals surface area contributed by atoms with Crippen LogP contribution in [0.5, 0.6) is 0 Å². The van der Waals surface area contributed by atoms with Crippen molar-refractivity contribution in [1.82, 2.24) is 38.5 Å². The maximum Gasteiger partial charge on any atom is 0.264 e. The third-order valence-electron chi connectivity index (χ3n) is 13.3. The lowest BCUT2D eigenvalue weighted by Gasteiger charge is -2.40. The molecule has 0 saturated heterocycles. The van der Waals surface area contributed by atoms with E-state index in [0.717, 1.165) is 33.1 Å². The monoisotopic (exact) mass is 854 g/mol. The molecule has 6 aromatic carbocycles. The molecule has 12 rings (SSSR count). The van der Waals surface area contributed by atoms with E-state index >= 15 is 19.2 Å². The average Bonchev–Trinajstić information content (AvgIpc) is 4.18. The topological polar surface area (TPSA) is 144 Å². The number of hydrogen-bond acceptors (Lipinski definition) is 9. The Bertz CT molecular complexity index is 3410. The molecule has 2 unspecified atom stereocenters. The number of benzene rings is 6. The molecular weight excluding hydrogens is 817 g/mol. The smallest absolute Gasteiger partial charge is 0.264 e. The number of para-hydroxylation sites is 8. The zero-order valence-corrected chi connectivity index (χ0v) is 35.1. The average molecular weight is 855 g/mol. The molecule has 9 aromatic rings. The van der Waals surface area contributed by atoms with Crippen LogP contribution < -0.4 is 4.90 Å². The predicted octanol–water partition coefficient (Wildman–Crippen LogP) is 9.01. The van der Waals surface area contributed by atoms with Crippen LogP contribution in [0, 0.1) is 0 Å². The molecule has 0 N–H and O–H groups in total. The number of nitrogens with zero attached hydrogens (tertiary/aromatic N) is 10. The lowest BCUT2D eigenvalue weighted by Crippen LogP contribution is -2.56. The molecule has 0 spiro atoms. The van der Waals surface area contributed by atoms with Gasteiger partial charge in [-0.1, -0.05) is 61.4 Å². The van der Waals surface area contributed by atoms with Crippen LogP contribution in [-0.2, 0) is 0 Å². The third kappa shape index (κ3) is 5.52. The van der Waals surface area contributed by atoms with E-state index in [4.69, 9.17) is 0 Å². The first kappa shape index (κ1) is 38.2. The number of hydrogen-bond donors (Lipinski definition) is 0. The molecule has 65 heavy (non-hydrogen) atoms. The zero-order chi connectivity index (χ0) is 44.1. The minimum Gasteiger partial charge on any atom is -0.342 e. The zero-order valence-electron chi connectivity index (χ0n) is 35.1. The number of carbonyl (C=O) groups is 4. The Morgan fingerprint density at radius 2 is 0.877 bits per heavy atom. The van der Waals surface area contributed by atoms with Gasteiger partial charge in [0.25, 0.3) is 23.6 Å². The first-order valence-electron chi connectivity index (χ1n) is 21.5. The summed E-state index contributed by atoms with van der Waals surface area (Å²) in [7, 11) is 1.83. The van der Waals surface area contributed by atoms with Crippen molar-refractivity contribution in [3.05, 3.63) is 163 Å². The quantitative estimate of drug-likeness (QED) is 0.109. The van der Waals surface area contributed by atoms with Crippen LogP contribution in [0.2, 0.25) is 0 Å². The highest BCUT2D eigenvalue weighted by atomic mass is 16.2. The Balaban J connectivity index is 1.01. The van der Waals surface area contributed by atoms with Gasteiger partial charge in [0, 0.05) is 7.05 Å². The van der Waals surface area contributed by atoms with Crippen LogP contribution in [0.15, 0.2) is 145 Å². The molecule has 0 radical (unpaired) electrons. The molecule has 14 nitrogen and oxygen atoms in total. The summed E-state index contributed by atoms with van der Waals surface area (Å²) < 4.78 is 5.50. The molecule has 0 bridgehead atoms. The van der Waals surface area contributed by atoms with E-state index in [-0.39, 0.29) is 22.3 Å². The van der Waals surface area contributed by atoms with E-state index < -0.39 is 35.7 Å². The van der Waals surface area contributed by atoms with Crippen molar-refractivity contribution in [2.75, 3.05) is 11.9 Å². The van der Waals surface area contributed by atoms with E-state index in [1.54, 1.807) is 19.0 Å². The number of amides is 4. The van der Waals surface area contributed by atoms with E-state index in [0.29, 0.717) is 59.8 Å². The van der Waals surface area contributed by atoms with Gasteiger partial charge in [0.1, 0.15) is 19.0 Å². The molecule has 4 amide bonds. The van der Waals surface area contributed by atoms with Gasteiger partial charge in [-0.15, -0.1) is 0 Å². The minimum absolute atomic E-state index is 0.210. The van der Waals surface area contributed by atoms with Gasteiger partial charge in [-0.25, -0.2) is 15.0 Å². The Hall–Kier alpha value is -8.52. The normalized spacial score (nSPS) is 17.2. The molecular formula is C51H38N10O4. The number of carbonyl (C=O) groups excluding carboxylic acids is 4. The molecule has 316 valence electrons. The number of aliphatic imine (C=N–C) groups is 1. The summed E-state index contributed by atoms with van der Waals surface area (Å²) in [5, 5.41) is 0. The molecule has 2 atom stereocenters. The van der Waals surface area contributed by atoms with Crippen LogP contribution in [0.4, 0.5) is 17.1 Å². The highest BCUT2D eigenvalue weighted by Crippen LogP contribution is 2.45. The maximum absolute atomic E-state index is 15.4. The van der Waals surface area contributed by atoms with Gasteiger partial charge < -0.3 is 4.90 Å². The number of aromatic nitrogens is 6. The van der Waals surface area contributed by atoms with Crippen LogP contribution in [-0.4, -0.2) is 87.9 Å². The standard InChI is InChI=1S/C51H38N10O4/c1-52-30-13-3-7-17-34(30)56(2)40-23-24-41(57-27-53-31-14-4-8-18-35(31)57)45-44(40)48(62)60(49(45)63)38-21-11-12-22-39(38)61-50(64)46-42(58-28-54-32-15-5-9-19-36(32)58)25-26-43(47(46)51(61)65)59-29-55-33-16-6-10-20-37(33)59/h3-10,13-20,23-29,38-39H,1,11-12,21-22H2,2H3. The molecule has 1 saturated carbocycles. The summed E-state index contributed by atoms with van der Waals surface area (Å²) in [6.07, 6.45) is 7.12. The van der Waals surface area contributed by atoms with E-state index in [1.807, 2.05) is 147 Å². The Labute approximate surface area is 371 Å². The number of imide groups is 2. The van der Waals surface area contributed by atoms with Crippen molar-refractivity contribution in [2.24, 2.45) is 4.99 Å². The molecule has 3 aromatic heterocycles. The van der Waals surface area contributed by atoms with Crippen molar-refractivity contribution < 1.29 is 19.2 Å². The van der Waals surface area contributed by atoms with E-state index in [1.165, 1.54) is 9.80 Å². The van der Waals surface area contributed by atoms with Gasteiger partial charge in [-0.05, 0) is 92.4 Å². The first-order valence-corrected chi connectivity index (χ1v) is 21.5. The summed E-state index contributed by atoms with van der Waals surface area (Å²) in [6, 6.07) is 36.0. The van der Waals surface area contributed by atoms with Crippen molar-refractivity contribution in [3.63, 3.8) is 0 Å². The van der Waals surface area contributed by atoms with Gasteiger partial charge in [-0.3, -0.25) is 47.7 Å². The second-order valence-electron chi connectivity index (χ2n) is 16.6. The van der Waals surface area contributed by atoms with Gasteiger partial charge in [0.2, 0.25) is 0 Å². The Kier molecular flexibility index (Phi) is 8.53. The fourth-order valence-corrected chi connectivity index (χ4v) is 10.3. The van der Waals surface area contributed by atoms with Crippen LogP contribution in [0.25, 0.3) is 50.2 Å². The van der Waals surface area contributed by atoms with Crippen LogP contribution in [0.3, 0.4) is 0 Å². The molecule has 1 fully saturated rings. The lowest BCUT2D eigenvalue weighted by molar-refractivity contribution is 0.0291. The molecule has 14 heteroatoms. The SMILES string of the molecule is C=Nc1ccccc1N(C)c1ccc(-n2cnc3ccccc32)c2c1C(=O)N(C1CCCCC1N1C(=O)c3c(-n4cnc5ccccc54)ccc(-n4cnc5ccccc54)c3C1=O)C2=O. The predicted molar refractivity (Wildman–Crippen MR) is 248 cm³/mol. The fourth-order valence-electron chi connectivity index (χ4n) is 10.3. The second kappa shape index (κ2) is 14.5. The Morgan fingerprint density at radius 3 is 1.34 bits per heavy atom. The number of imidazole rings is 3. The second-order valence-corrected chi connectivity index (χ2v) is 16.6. The Morgan fingerprint density at radius 1 is 0.492 bits per heavy atom. The first-order chi connectivity index (χ1) is 31.8. The highest BCUT2D eigenvalue weighted by molar-refractivity contribution is 6.27. The third-order valence-corrected chi connectivity index (χ3v) is 13.3. The molecule has 5 heterocycles. The van der Waals surface area contributed by atoms with Crippen molar-refractivity contribution in [3.8, 4) is 17.1 Å². The maximum atomic E-state index is 15.4. The molecule has 1 aliphatic carbocycles. The number of rotatable bonds is 8. The number of anilines is 2. The van der Waals surface area contributed by atoms with E-state index in [9.17, 15) is 0 Å². The minimum atomic E-state index is -0.832. The number of fused-ring (bicyclic) bond motifs is 5. The van der Waals surface area contributed by atoms with Gasteiger partial charge in [0.05, 0.1) is 102 Å². The highest BCUT2D eigenvalue weighted by Gasteiger charge is 2.52. The summed E-state index contributed by atoms with van der Waals surface area (Å²) in [4.78, 5) is 84.2. The van der Waals surface area contributed by atoms with Crippen molar-refractivity contribution in [1.29, 1.82) is 0 Å². The van der Waals surface area contributed by atoms with Crippen LogP contribution >= 0.6 is 0 Å². The fraction of sp³-hybridized carbons (Fsp3) is 0.137. The van der Waals surface area contributed by atoms with E-state index in [2.05, 4.69) is 26.7 Å².